The molecule has 0 aliphatic carbocycles. The molecule has 0 atom stereocenters. The van der Waals surface area contributed by atoms with E-state index in [4.69, 9.17) is 0 Å². The van der Waals surface area contributed by atoms with E-state index in [1.54, 1.807) is 0 Å². The van der Waals surface area contributed by atoms with E-state index in [1.165, 1.54) is 5.56 Å². The summed E-state index contributed by atoms with van der Waals surface area (Å²) in [4.78, 5) is 0. The Kier molecular flexibility index (Phi) is 18.8. The molecule has 0 fully saturated rings. The summed E-state index contributed by atoms with van der Waals surface area (Å²) in [6, 6.07) is 10.5. The van der Waals surface area contributed by atoms with Crippen LogP contribution in [0.25, 0.3) is 0 Å². The Morgan fingerprint density at radius 1 is 0.923 bits per heavy atom. The van der Waals surface area contributed by atoms with E-state index >= 15 is 0 Å². The highest BCUT2D eigenvalue weighted by Crippen LogP contribution is 2.11. The molecule has 0 heterocycles. The number of hydrogen-bond donors (Lipinski definition) is 0. The first-order valence-corrected chi connectivity index (χ1v) is 9.78. The van der Waals surface area contributed by atoms with E-state index < -0.39 is 0 Å². The average molecular weight is 406 g/mol. The molecule has 0 aromatic heterocycles. The van der Waals surface area contributed by atoms with Gasteiger partial charge in [-0.25, -0.2) is 0 Å². The zero-order valence-electron chi connectivity index (χ0n) is 6.72. The quantitative estimate of drug-likeness (QED) is 0.513. The van der Waals surface area contributed by atoms with Gasteiger partial charge in [0.05, 0.1) is 0 Å². The molecule has 1 rings (SSSR count). The number of halogens is 2. The fourth-order valence-electron chi connectivity index (χ4n) is 0.838. The third kappa shape index (κ3) is 9.00. The number of rotatable bonds is 1. The highest BCUT2D eigenvalue weighted by atomic mass is 128. The molecule has 0 N–H and O–H groups in total. The van der Waals surface area contributed by atoms with Crippen LogP contribution in [0.4, 0.5) is 0 Å². The Morgan fingerprint density at radius 3 is 1.54 bits per heavy atom. The molecule has 2 heteroatoms. The summed E-state index contributed by atoms with van der Waals surface area (Å²) in [6.45, 7) is 4.41. The van der Waals surface area contributed by atoms with Gasteiger partial charge in [-0.15, -0.1) is 0 Å². The normalized spacial score (nSPS) is 7.46. The van der Waals surface area contributed by atoms with Gasteiger partial charge in [0.25, 0.3) is 0 Å². The van der Waals surface area contributed by atoms with Crippen LogP contribution >= 0.6 is 37.2 Å². The molecule has 78 valence electrons. The first-order chi connectivity index (χ1) is 5.30. The van der Waals surface area contributed by atoms with Crippen molar-refractivity contribution in [2.24, 2.45) is 0 Å². The topological polar surface area (TPSA) is 0 Å². The molecule has 13 heavy (non-hydrogen) atoms. The Balaban J connectivity index is -0.000000234. The van der Waals surface area contributed by atoms with Gasteiger partial charge in [0.2, 0.25) is 0 Å². The van der Waals surface area contributed by atoms with Crippen molar-refractivity contribution in [1.29, 1.82) is 0 Å². The van der Waals surface area contributed by atoms with E-state index in [1.807, 2.05) is 6.07 Å². The Morgan fingerprint density at radius 2 is 1.31 bits per heavy atom. The number of hydrogen-bond acceptors (Lipinski definition) is 0. The van der Waals surface area contributed by atoms with E-state index in [0.717, 1.165) is 0 Å². The summed E-state index contributed by atoms with van der Waals surface area (Å²) in [7, 11) is 0. The van der Waals surface area contributed by atoms with Crippen LogP contribution in [0.1, 0.15) is 40.2 Å². The lowest BCUT2D eigenvalue weighted by Gasteiger charge is -2.01. The summed E-state index contributed by atoms with van der Waals surface area (Å²) >= 11 is 4.24. The van der Waals surface area contributed by atoms with Crippen molar-refractivity contribution >= 4 is 37.2 Å². The van der Waals surface area contributed by atoms with E-state index in [0.29, 0.717) is 5.92 Å². The van der Waals surface area contributed by atoms with Crippen LogP contribution in [0, 0.1) is 0 Å². The third-order valence-electron chi connectivity index (χ3n) is 1.47. The van der Waals surface area contributed by atoms with Crippen LogP contribution < -0.4 is 0 Å². The molecule has 0 nitrogen and oxygen atoms in total. The SMILES string of the molecule is C.C.CC(C)c1ccccc1.II. The van der Waals surface area contributed by atoms with Gasteiger partial charge in [-0.1, -0.05) is 59.0 Å². The van der Waals surface area contributed by atoms with Crippen LogP contribution in [0.15, 0.2) is 30.3 Å². The molecule has 0 bridgehead atoms. The van der Waals surface area contributed by atoms with Crippen LogP contribution in [0.5, 0.6) is 0 Å². The van der Waals surface area contributed by atoms with Gasteiger partial charge in [-0.05, 0) is 11.5 Å². The zero-order chi connectivity index (χ0) is 8.69. The molecule has 0 saturated heterocycles. The van der Waals surface area contributed by atoms with Gasteiger partial charge in [-0.2, -0.15) is 0 Å². The van der Waals surface area contributed by atoms with Crippen LogP contribution in [0.2, 0.25) is 0 Å². The highest BCUT2D eigenvalue weighted by Gasteiger charge is 1.93. The molecule has 0 spiro atoms. The largest absolute Gasteiger partial charge is 0.0776 e. The summed E-state index contributed by atoms with van der Waals surface area (Å²) in [5, 5.41) is 0. The second-order valence-electron chi connectivity index (χ2n) is 2.57. The van der Waals surface area contributed by atoms with Crippen molar-refractivity contribution in [3.63, 3.8) is 0 Å². The van der Waals surface area contributed by atoms with Crippen LogP contribution in [-0.2, 0) is 0 Å². The average Bonchev–Trinajstić information content (AvgIpc) is 2.10. The summed E-state index contributed by atoms with van der Waals surface area (Å²) < 4.78 is 0. The Hall–Kier alpha value is 0.680. The summed E-state index contributed by atoms with van der Waals surface area (Å²) in [5.41, 5.74) is 1.41. The van der Waals surface area contributed by atoms with E-state index in [2.05, 4.69) is 75.3 Å². The standard InChI is InChI=1S/C9H12.2CH4.I2/c1-8(2)9-6-4-3-5-7-9;;;1-2/h3-8H,1-2H3;2*1H4;. The maximum atomic E-state index is 2.20. The lowest BCUT2D eigenvalue weighted by molar-refractivity contribution is 0.867. The van der Waals surface area contributed by atoms with Gasteiger partial charge in [0, 0.05) is 37.2 Å². The monoisotopic (exact) mass is 406 g/mol. The minimum atomic E-state index is 0. The predicted octanol–water partition coefficient (Wildman–Crippen LogP) is 5.85. The second-order valence-corrected chi connectivity index (χ2v) is 2.57. The van der Waals surface area contributed by atoms with Crippen LogP contribution in [0.3, 0.4) is 0 Å². The second kappa shape index (κ2) is 12.7. The van der Waals surface area contributed by atoms with Crippen molar-refractivity contribution in [2.75, 3.05) is 0 Å². The van der Waals surface area contributed by atoms with Crippen molar-refractivity contribution in [3.8, 4) is 0 Å². The van der Waals surface area contributed by atoms with Gasteiger partial charge in [0.15, 0.2) is 0 Å². The highest BCUT2D eigenvalue weighted by molar-refractivity contribution is 15.0. The summed E-state index contributed by atoms with van der Waals surface area (Å²) in [5.74, 6) is 0.659. The maximum Gasteiger partial charge on any atom is 0 e. The van der Waals surface area contributed by atoms with E-state index in [9.17, 15) is 0 Å². The lowest BCUT2D eigenvalue weighted by atomic mass is 10.0. The first-order valence-electron chi connectivity index (χ1n) is 3.50. The fourth-order valence-corrected chi connectivity index (χ4v) is 0.838. The minimum absolute atomic E-state index is 0. The van der Waals surface area contributed by atoms with Gasteiger partial charge < -0.3 is 0 Å². The molecule has 1 aromatic carbocycles. The smallest absolute Gasteiger partial charge is 0 e. The first kappa shape index (κ1) is 19.3. The van der Waals surface area contributed by atoms with Crippen molar-refractivity contribution < 1.29 is 0 Å². The van der Waals surface area contributed by atoms with Gasteiger partial charge >= 0.3 is 0 Å². The lowest BCUT2D eigenvalue weighted by Crippen LogP contribution is -1.83. The fraction of sp³-hybridized carbons (Fsp3) is 0.455. The molecule has 0 unspecified atom stereocenters. The molecule has 1 aromatic rings. The number of benzene rings is 1. The molecule has 0 aliphatic rings. The Labute approximate surface area is 107 Å². The van der Waals surface area contributed by atoms with Crippen molar-refractivity contribution in [3.05, 3.63) is 35.9 Å². The predicted molar refractivity (Wildman–Crippen MR) is 82.0 cm³/mol. The zero-order valence-corrected chi connectivity index (χ0v) is 11.0. The maximum absolute atomic E-state index is 2.20. The van der Waals surface area contributed by atoms with E-state index in [-0.39, 0.29) is 14.9 Å². The van der Waals surface area contributed by atoms with Crippen molar-refractivity contribution in [2.45, 2.75) is 34.6 Å². The van der Waals surface area contributed by atoms with Gasteiger partial charge in [-0.3, -0.25) is 0 Å². The molecule has 0 aliphatic heterocycles. The summed E-state index contributed by atoms with van der Waals surface area (Å²) in [6.07, 6.45) is 0. The van der Waals surface area contributed by atoms with Crippen LogP contribution in [-0.4, -0.2) is 0 Å². The van der Waals surface area contributed by atoms with Gasteiger partial charge in [0.1, 0.15) is 0 Å². The molecule has 0 amide bonds. The van der Waals surface area contributed by atoms with Crippen molar-refractivity contribution in [1.82, 2.24) is 0 Å². The molecule has 0 radical (unpaired) electrons. The molecular weight excluding hydrogens is 386 g/mol. The molecular formula is C11H20I2. The third-order valence-corrected chi connectivity index (χ3v) is 1.47. The Bertz CT molecular complexity index is 171. The molecule has 0 saturated carbocycles. The minimum Gasteiger partial charge on any atom is -0.0776 e.